The van der Waals surface area contributed by atoms with Crippen molar-refractivity contribution in [2.24, 2.45) is 11.8 Å². The minimum Gasteiger partial charge on any atom is -0.465 e. The standard InChI is InChI=1S/C22H25N3O4/c1-29-22(28)17-9-11-18(12-10-17)25-21(27)16-7-5-15(6-8-16)20(26)24-14-19-4-2-3-13-23-19/h2-4,9-13,15-16H,5-8,14H2,1H3,(H,24,26)(H,25,27). The van der Waals surface area contributed by atoms with Crippen LogP contribution in [0.1, 0.15) is 41.7 Å². The molecule has 0 radical (unpaired) electrons. The summed E-state index contributed by atoms with van der Waals surface area (Å²) in [6.07, 6.45) is 4.43. The molecule has 0 spiro atoms. The number of ether oxygens (including phenoxy) is 1. The van der Waals surface area contributed by atoms with Crippen molar-refractivity contribution in [3.8, 4) is 0 Å². The molecule has 29 heavy (non-hydrogen) atoms. The van der Waals surface area contributed by atoms with Gasteiger partial charge in [0.25, 0.3) is 0 Å². The third-order valence-electron chi connectivity index (χ3n) is 5.21. The lowest BCUT2D eigenvalue weighted by Crippen LogP contribution is -2.35. The van der Waals surface area contributed by atoms with Crippen LogP contribution in [-0.4, -0.2) is 29.9 Å². The second-order valence-corrected chi connectivity index (χ2v) is 7.15. The highest BCUT2D eigenvalue weighted by molar-refractivity contribution is 5.94. The molecule has 1 aromatic carbocycles. The number of hydrogen-bond donors (Lipinski definition) is 2. The molecule has 1 aromatic heterocycles. The zero-order valence-electron chi connectivity index (χ0n) is 16.4. The maximum absolute atomic E-state index is 12.5. The topological polar surface area (TPSA) is 97.4 Å². The monoisotopic (exact) mass is 395 g/mol. The Bertz CT molecular complexity index is 844. The molecule has 2 aromatic rings. The van der Waals surface area contributed by atoms with E-state index < -0.39 is 5.97 Å². The van der Waals surface area contributed by atoms with Crippen LogP contribution in [0.15, 0.2) is 48.7 Å². The summed E-state index contributed by atoms with van der Waals surface area (Å²) in [6, 6.07) is 12.2. The molecule has 7 heteroatoms. The van der Waals surface area contributed by atoms with Crippen LogP contribution in [0.4, 0.5) is 5.69 Å². The van der Waals surface area contributed by atoms with Crippen molar-refractivity contribution in [3.63, 3.8) is 0 Å². The lowest BCUT2D eigenvalue weighted by Gasteiger charge is -2.27. The number of aromatic nitrogens is 1. The number of esters is 1. The van der Waals surface area contributed by atoms with E-state index in [0.29, 0.717) is 43.5 Å². The van der Waals surface area contributed by atoms with Crippen LogP contribution < -0.4 is 10.6 Å². The molecule has 2 amide bonds. The molecule has 7 nitrogen and oxygen atoms in total. The number of amides is 2. The van der Waals surface area contributed by atoms with Crippen molar-refractivity contribution >= 4 is 23.5 Å². The highest BCUT2D eigenvalue weighted by atomic mass is 16.5. The second kappa shape index (κ2) is 9.82. The molecular formula is C22H25N3O4. The fraction of sp³-hybridized carbons (Fsp3) is 0.364. The Balaban J connectivity index is 1.44. The summed E-state index contributed by atoms with van der Waals surface area (Å²) in [5.41, 5.74) is 1.90. The van der Waals surface area contributed by atoms with Crippen molar-refractivity contribution in [3.05, 3.63) is 59.9 Å². The Hall–Kier alpha value is -3.22. The lowest BCUT2D eigenvalue weighted by atomic mass is 9.81. The lowest BCUT2D eigenvalue weighted by molar-refractivity contribution is -0.128. The zero-order valence-corrected chi connectivity index (χ0v) is 16.4. The molecule has 152 valence electrons. The molecule has 0 bridgehead atoms. The van der Waals surface area contributed by atoms with Gasteiger partial charge in [0, 0.05) is 23.7 Å². The van der Waals surface area contributed by atoms with Gasteiger partial charge in [-0.25, -0.2) is 4.79 Å². The normalized spacial score (nSPS) is 18.5. The predicted molar refractivity (Wildman–Crippen MR) is 108 cm³/mol. The highest BCUT2D eigenvalue weighted by Crippen LogP contribution is 2.30. The smallest absolute Gasteiger partial charge is 0.337 e. The average Bonchev–Trinajstić information content (AvgIpc) is 2.78. The molecule has 1 aliphatic carbocycles. The number of carbonyl (C=O) groups excluding carboxylic acids is 3. The fourth-order valence-electron chi connectivity index (χ4n) is 3.49. The van der Waals surface area contributed by atoms with Gasteiger partial charge in [0.05, 0.1) is 24.9 Å². The Morgan fingerprint density at radius 2 is 1.62 bits per heavy atom. The SMILES string of the molecule is COC(=O)c1ccc(NC(=O)C2CCC(C(=O)NCc3ccccn3)CC2)cc1. The Morgan fingerprint density at radius 1 is 0.966 bits per heavy atom. The maximum atomic E-state index is 12.5. The van der Waals surface area contributed by atoms with E-state index in [1.807, 2.05) is 18.2 Å². The molecule has 1 aliphatic rings. The van der Waals surface area contributed by atoms with Gasteiger partial charge in [0.2, 0.25) is 11.8 Å². The van der Waals surface area contributed by atoms with E-state index in [-0.39, 0.29) is 23.7 Å². The molecule has 0 saturated heterocycles. The third kappa shape index (κ3) is 5.63. The molecule has 0 aliphatic heterocycles. The Kier molecular flexibility index (Phi) is 6.94. The van der Waals surface area contributed by atoms with Crippen molar-refractivity contribution in [1.29, 1.82) is 0 Å². The molecule has 0 unspecified atom stereocenters. The zero-order chi connectivity index (χ0) is 20.6. The molecule has 0 atom stereocenters. The summed E-state index contributed by atoms with van der Waals surface area (Å²) in [4.78, 5) is 40.6. The van der Waals surface area contributed by atoms with Crippen molar-refractivity contribution in [2.75, 3.05) is 12.4 Å². The summed E-state index contributed by atoms with van der Waals surface area (Å²) in [5, 5.41) is 5.82. The minimum absolute atomic E-state index is 0.0212. The molecule has 1 fully saturated rings. The number of nitrogens with one attached hydrogen (secondary N) is 2. The van der Waals surface area contributed by atoms with Crippen LogP contribution in [0.3, 0.4) is 0 Å². The van der Waals surface area contributed by atoms with E-state index in [1.54, 1.807) is 30.5 Å². The van der Waals surface area contributed by atoms with Gasteiger partial charge in [-0.3, -0.25) is 14.6 Å². The van der Waals surface area contributed by atoms with Crippen LogP contribution in [-0.2, 0) is 20.9 Å². The van der Waals surface area contributed by atoms with Crippen molar-refractivity contribution in [2.45, 2.75) is 32.2 Å². The quantitative estimate of drug-likeness (QED) is 0.733. The van der Waals surface area contributed by atoms with Crippen LogP contribution >= 0.6 is 0 Å². The summed E-state index contributed by atoms with van der Waals surface area (Å²) in [5.74, 6) is -0.629. The molecule has 1 saturated carbocycles. The first-order valence-corrected chi connectivity index (χ1v) is 9.73. The minimum atomic E-state index is -0.414. The van der Waals surface area contributed by atoms with Gasteiger partial charge >= 0.3 is 5.97 Å². The van der Waals surface area contributed by atoms with Crippen LogP contribution in [0.5, 0.6) is 0 Å². The summed E-state index contributed by atoms with van der Waals surface area (Å²) >= 11 is 0. The fourth-order valence-corrected chi connectivity index (χ4v) is 3.49. The number of pyridine rings is 1. The Morgan fingerprint density at radius 3 is 2.21 bits per heavy atom. The van der Waals surface area contributed by atoms with Crippen LogP contribution in [0.25, 0.3) is 0 Å². The molecule has 1 heterocycles. The first kappa shape index (κ1) is 20.5. The van der Waals surface area contributed by atoms with Crippen molar-refractivity contribution < 1.29 is 19.1 Å². The summed E-state index contributed by atoms with van der Waals surface area (Å²) in [6.45, 7) is 0.418. The number of carbonyl (C=O) groups is 3. The Labute approximate surface area is 169 Å². The van der Waals surface area contributed by atoms with E-state index in [4.69, 9.17) is 0 Å². The first-order chi connectivity index (χ1) is 14.1. The van der Waals surface area contributed by atoms with E-state index >= 15 is 0 Å². The van der Waals surface area contributed by atoms with E-state index in [1.165, 1.54) is 7.11 Å². The summed E-state index contributed by atoms with van der Waals surface area (Å²) in [7, 11) is 1.33. The third-order valence-corrected chi connectivity index (χ3v) is 5.21. The second-order valence-electron chi connectivity index (χ2n) is 7.15. The van der Waals surface area contributed by atoms with Gasteiger partial charge in [0.1, 0.15) is 0 Å². The van der Waals surface area contributed by atoms with Gasteiger partial charge in [0.15, 0.2) is 0 Å². The van der Waals surface area contributed by atoms with Gasteiger partial charge < -0.3 is 15.4 Å². The van der Waals surface area contributed by atoms with Gasteiger partial charge in [-0.1, -0.05) is 6.07 Å². The van der Waals surface area contributed by atoms with Gasteiger partial charge in [-0.15, -0.1) is 0 Å². The highest BCUT2D eigenvalue weighted by Gasteiger charge is 2.29. The summed E-state index contributed by atoms with van der Waals surface area (Å²) < 4.78 is 4.66. The average molecular weight is 395 g/mol. The molecular weight excluding hydrogens is 370 g/mol. The predicted octanol–water partition coefficient (Wildman–Crippen LogP) is 2.93. The van der Waals surface area contributed by atoms with E-state index in [9.17, 15) is 14.4 Å². The number of nitrogens with zero attached hydrogens (tertiary/aromatic N) is 1. The number of hydrogen-bond acceptors (Lipinski definition) is 5. The van der Waals surface area contributed by atoms with Crippen LogP contribution in [0, 0.1) is 11.8 Å². The molecule has 2 N–H and O–H groups in total. The molecule has 3 rings (SSSR count). The number of methoxy groups -OCH3 is 1. The van der Waals surface area contributed by atoms with Crippen LogP contribution in [0.2, 0.25) is 0 Å². The number of anilines is 1. The largest absolute Gasteiger partial charge is 0.465 e. The van der Waals surface area contributed by atoms with E-state index in [0.717, 1.165) is 5.69 Å². The number of benzene rings is 1. The maximum Gasteiger partial charge on any atom is 0.337 e. The van der Waals surface area contributed by atoms with Gasteiger partial charge in [-0.2, -0.15) is 0 Å². The van der Waals surface area contributed by atoms with Crippen molar-refractivity contribution in [1.82, 2.24) is 10.3 Å². The van der Waals surface area contributed by atoms with Gasteiger partial charge in [-0.05, 0) is 62.1 Å². The first-order valence-electron chi connectivity index (χ1n) is 9.73. The number of rotatable bonds is 6. The van der Waals surface area contributed by atoms with E-state index in [2.05, 4.69) is 20.4 Å².